The van der Waals surface area contributed by atoms with Crippen LogP contribution in [0, 0.1) is 0 Å². The van der Waals surface area contributed by atoms with Crippen LogP contribution >= 0.6 is 0 Å². The number of phenolic OH excluding ortho intramolecular Hbond substituents is 1. The number of phenols is 1. The topological polar surface area (TPSA) is 74.9 Å². The van der Waals surface area contributed by atoms with Gasteiger partial charge in [-0.05, 0) is 17.7 Å². The van der Waals surface area contributed by atoms with Gasteiger partial charge in [-0.15, -0.1) is 0 Å². The predicted molar refractivity (Wildman–Crippen MR) is 71.1 cm³/mol. The van der Waals surface area contributed by atoms with E-state index in [9.17, 15) is 5.11 Å². The first-order valence-electron chi connectivity index (χ1n) is 5.75. The predicted octanol–water partition coefficient (Wildman–Crippen LogP) is 2.39. The van der Waals surface area contributed by atoms with Crippen LogP contribution in [-0.2, 0) is 6.54 Å². The lowest BCUT2D eigenvalue weighted by Gasteiger charge is -2.02. The second-order valence-electron chi connectivity index (χ2n) is 4.13. The standard InChI is InChI=1S/C14H13N3O/c15-8-9-4-3-6-11-13(9)16-17-14(11)10-5-1-2-7-12(10)18/h1-7,18H,8,15H2,(H,16,17). The molecule has 3 rings (SSSR count). The number of fused-ring (bicyclic) bond motifs is 1. The Morgan fingerprint density at radius 3 is 2.72 bits per heavy atom. The summed E-state index contributed by atoms with van der Waals surface area (Å²) in [6, 6.07) is 13.1. The minimum absolute atomic E-state index is 0.237. The molecule has 4 heteroatoms. The van der Waals surface area contributed by atoms with Crippen LogP contribution in [0.2, 0.25) is 0 Å². The molecule has 0 saturated carbocycles. The summed E-state index contributed by atoms with van der Waals surface area (Å²) < 4.78 is 0. The first kappa shape index (κ1) is 10.8. The maximum absolute atomic E-state index is 9.90. The van der Waals surface area contributed by atoms with Crippen LogP contribution < -0.4 is 5.73 Å². The van der Waals surface area contributed by atoms with Gasteiger partial charge in [0.1, 0.15) is 5.75 Å². The number of H-pyrrole nitrogens is 1. The molecule has 0 unspecified atom stereocenters. The average Bonchev–Trinajstić information content (AvgIpc) is 2.83. The molecular weight excluding hydrogens is 226 g/mol. The summed E-state index contributed by atoms with van der Waals surface area (Å²) in [5.74, 6) is 0.237. The Morgan fingerprint density at radius 2 is 1.94 bits per heavy atom. The van der Waals surface area contributed by atoms with Crippen LogP contribution in [0.25, 0.3) is 22.2 Å². The molecule has 2 aromatic carbocycles. The monoisotopic (exact) mass is 239 g/mol. The molecule has 0 atom stereocenters. The lowest BCUT2D eigenvalue weighted by molar-refractivity contribution is 0.477. The molecule has 0 fully saturated rings. The first-order chi connectivity index (χ1) is 8.81. The van der Waals surface area contributed by atoms with Gasteiger partial charge >= 0.3 is 0 Å². The third kappa shape index (κ3) is 1.55. The van der Waals surface area contributed by atoms with Gasteiger partial charge in [0.15, 0.2) is 0 Å². The lowest BCUT2D eigenvalue weighted by Crippen LogP contribution is -1.96. The number of nitrogens with one attached hydrogen (secondary N) is 1. The number of hydrogen-bond acceptors (Lipinski definition) is 3. The highest BCUT2D eigenvalue weighted by atomic mass is 16.3. The molecule has 0 bridgehead atoms. The maximum Gasteiger partial charge on any atom is 0.124 e. The highest BCUT2D eigenvalue weighted by Crippen LogP contribution is 2.33. The van der Waals surface area contributed by atoms with E-state index in [0.717, 1.165) is 27.7 Å². The van der Waals surface area contributed by atoms with Crippen molar-refractivity contribution in [3.8, 4) is 17.0 Å². The van der Waals surface area contributed by atoms with Crippen LogP contribution in [0.5, 0.6) is 5.75 Å². The average molecular weight is 239 g/mol. The number of aromatic nitrogens is 2. The molecule has 1 aromatic heterocycles. The highest BCUT2D eigenvalue weighted by molar-refractivity contribution is 5.95. The number of para-hydroxylation sites is 2. The van der Waals surface area contributed by atoms with Crippen molar-refractivity contribution in [1.82, 2.24) is 10.2 Å². The van der Waals surface area contributed by atoms with Crippen LogP contribution in [-0.4, -0.2) is 15.3 Å². The molecule has 0 aliphatic heterocycles. The normalized spacial score (nSPS) is 10.9. The van der Waals surface area contributed by atoms with E-state index < -0.39 is 0 Å². The Bertz CT molecular complexity index is 703. The van der Waals surface area contributed by atoms with Crippen molar-refractivity contribution in [2.24, 2.45) is 5.73 Å². The smallest absolute Gasteiger partial charge is 0.124 e. The fourth-order valence-corrected chi connectivity index (χ4v) is 2.15. The second kappa shape index (κ2) is 4.16. The van der Waals surface area contributed by atoms with E-state index in [2.05, 4.69) is 10.2 Å². The molecule has 0 radical (unpaired) electrons. The molecule has 4 N–H and O–H groups in total. The van der Waals surface area contributed by atoms with Crippen molar-refractivity contribution >= 4 is 10.9 Å². The van der Waals surface area contributed by atoms with Crippen molar-refractivity contribution in [3.63, 3.8) is 0 Å². The van der Waals surface area contributed by atoms with Crippen molar-refractivity contribution < 1.29 is 5.11 Å². The van der Waals surface area contributed by atoms with E-state index in [4.69, 9.17) is 5.73 Å². The van der Waals surface area contributed by atoms with Gasteiger partial charge in [0, 0.05) is 17.5 Å². The van der Waals surface area contributed by atoms with E-state index in [0.29, 0.717) is 6.54 Å². The van der Waals surface area contributed by atoms with Crippen LogP contribution in [0.3, 0.4) is 0 Å². The fourth-order valence-electron chi connectivity index (χ4n) is 2.15. The lowest BCUT2D eigenvalue weighted by atomic mass is 10.0. The molecule has 0 aliphatic carbocycles. The summed E-state index contributed by atoms with van der Waals surface area (Å²) in [7, 11) is 0. The summed E-state index contributed by atoms with van der Waals surface area (Å²) in [4.78, 5) is 0. The molecule has 0 spiro atoms. The zero-order valence-electron chi connectivity index (χ0n) is 9.72. The van der Waals surface area contributed by atoms with E-state index in [-0.39, 0.29) is 5.75 Å². The van der Waals surface area contributed by atoms with E-state index in [1.807, 2.05) is 30.3 Å². The molecule has 90 valence electrons. The number of aromatic hydroxyl groups is 1. The SMILES string of the molecule is NCc1cccc2c(-c3ccccc3O)[nH]nc12. The Labute approximate surface area is 104 Å². The zero-order chi connectivity index (χ0) is 12.5. The molecule has 18 heavy (non-hydrogen) atoms. The first-order valence-corrected chi connectivity index (χ1v) is 5.75. The minimum Gasteiger partial charge on any atom is -0.507 e. The van der Waals surface area contributed by atoms with Crippen molar-refractivity contribution in [3.05, 3.63) is 48.0 Å². The summed E-state index contributed by atoms with van der Waals surface area (Å²) in [5, 5.41) is 18.1. The molecule has 0 aliphatic rings. The molecule has 4 nitrogen and oxygen atoms in total. The summed E-state index contributed by atoms with van der Waals surface area (Å²) in [6.45, 7) is 0.447. The molecule has 1 heterocycles. The largest absolute Gasteiger partial charge is 0.507 e. The second-order valence-corrected chi connectivity index (χ2v) is 4.13. The van der Waals surface area contributed by atoms with Gasteiger partial charge in [-0.2, -0.15) is 5.10 Å². The van der Waals surface area contributed by atoms with Gasteiger partial charge in [0.05, 0.1) is 11.2 Å². The van der Waals surface area contributed by atoms with Crippen LogP contribution in [0.1, 0.15) is 5.56 Å². The van der Waals surface area contributed by atoms with Gasteiger partial charge in [0.25, 0.3) is 0 Å². The summed E-state index contributed by atoms with van der Waals surface area (Å²) in [5.41, 5.74) is 9.10. The summed E-state index contributed by atoms with van der Waals surface area (Å²) >= 11 is 0. The van der Waals surface area contributed by atoms with Gasteiger partial charge in [-0.1, -0.05) is 30.3 Å². The molecule has 3 aromatic rings. The summed E-state index contributed by atoms with van der Waals surface area (Å²) in [6.07, 6.45) is 0. The van der Waals surface area contributed by atoms with E-state index in [1.165, 1.54) is 0 Å². The Hall–Kier alpha value is -2.33. The van der Waals surface area contributed by atoms with Gasteiger partial charge in [-0.25, -0.2) is 0 Å². The Morgan fingerprint density at radius 1 is 1.11 bits per heavy atom. The van der Waals surface area contributed by atoms with Gasteiger partial charge in [-0.3, -0.25) is 5.10 Å². The van der Waals surface area contributed by atoms with Crippen molar-refractivity contribution in [2.45, 2.75) is 6.54 Å². The molecule has 0 amide bonds. The van der Waals surface area contributed by atoms with Gasteiger partial charge < -0.3 is 10.8 Å². The number of rotatable bonds is 2. The van der Waals surface area contributed by atoms with Crippen molar-refractivity contribution in [1.29, 1.82) is 0 Å². The Balaban J connectivity index is 2.29. The van der Waals surface area contributed by atoms with E-state index >= 15 is 0 Å². The molecule has 0 saturated heterocycles. The van der Waals surface area contributed by atoms with Gasteiger partial charge in [0.2, 0.25) is 0 Å². The quantitative estimate of drug-likeness (QED) is 0.642. The van der Waals surface area contributed by atoms with Crippen LogP contribution in [0.15, 0.2) is 42.5 Å². The number of aromatic amines is 1. The van der Waals surface area contributed by atoms with E-state index in [1.54, 1.807) is 12.1 Å². The third-order valence-corrected chi connectivity index (χ3v) is 3.06. The number of benzene rings is 2. The van der Waals surface area contributed by atoms with Crippen molar-refractivity contribution in [2.75, 3.05) is 0 Å². The fraction of sp³-hybridized carbons (Fsp3) is 0.0714. The Kier molecular flexibility index (Phi) is 2.50. The number of nitrogens with two attached hydrogens (primary N) is 1. The highest BCUT2D eigenvalue weighted by Gasteiger charge is 2.12. The number of nitrogens with zero attached hydrogens (tertiary/aromatic N) is 1. The molecular formula is C14H13N3O. The zero-order valence-corrected chi connectivity index (χ0v) is 9.72. The maximum atomic E-state index is 9.90. The van der Waals surface area contributed by atoms with Crippen LogP contribution in [0.4, 0.5) is 0 Å². The minimum atomic E-state index is 0.237. The number of hydrogen-bond donors (Lipinski definition) is 3. The third-order valence-electron chi connectivity index (χ3n) is 3.06.